The van der Waals surface area contributed by atoms with E-state index >= 15 is 0 Å². The highest BCUT2D eigenvalue weighted by molar-refractivity contribution is 5.78. The summed E-state index contributed by atoms with van der Waals surface area (Å²) in [6, 6.07) is 9.32. The van der Waals surface area contributed by atoms with Crippen molar-refractivity contribution in [2.45, 2.75) is 65.5 Å². The van der Waals surface area contributed by atoms with Gasteiger partial charge in [0, 0.05) is 31.3 Å². The Morgan fingerprint density at radius 3 is 2.50 bits per heavy atom. The van der Waals surface area contributed by atoms with Gasteiger partial charge in [-0.3, -0.25) is 9.59 Å². The molecule has 1 aromatic heterocycles. The summed E-state index contributed by atoms with van der Waals surface area (Å²) in [6.45, 7) is 9.92. The first-order valence-electron chi connectivity index (χ1n) is 11.0. The van der Waals surface area contributed by atoms with Gasteiger partial charge in [-0.05, 0) is 30.0 Å². The largest absolute Gasteiger partial charge is 0.391 e. The molecule has 1 atom stereocenters. The number of likely N-dealkylation sites (tertiary alicyclic amines) is 1. The zero-order valence-corrected chi connectivity index (χ0v) is 19.5. The number of hydrogen-bond acceptors (Lipinski definition) is 5. The summed E-state index contributed by atoms with van der Waals surface area (Å²) in [4.78, 5) is 23.5. The van der Waals surface area contributed by atoms with Gasteiger partial charge in [0.2, 0.25) is 12.3 Å². The Labute approximate surface area is 191 Å². The van der Waals surface area contributed by atoms with Crippen LogP contribution < -0.4 is 5.32 Å². The lowest BCUT2D eigenvalue weighted by molar-refractivity contribution is -0.130. The standard InChI is InChI=1S/C12H18N2O3.C10H9NO.C3H8/c1-8(2)11-5-10(17-13-11)6-12(16)14-4-3-9(15)7-14;1-2-9-3-5-10(6-4-9)7-11-8-12;1-3-2/h5,8-9,15H,3-4,6-7H2,1-2H3;1,3-6,8H,7H2,(H,11,12);3H2,1-2H3. The van der Waals surface area contributed by atoms with Crippen molar-refractivity contribution in [2.75, 3.05) is 13.1 Å². The molecule has 0 bridgehead atoms. The minimum atomic E-state index is -0.375. The molecule has 1 fully saturated rings. The molecule has 0 spiro atoms. The lowest BCUT2D eigenvalue weighted by atomic mass is 10.1. The number of β-amino-alcohol motifs (C(OH)–C–C–N with tert-alkyl or cyclic N) is 1. The van der Waals surface area contributed by atoms with Crippen LogP contribution in [0, 0.1) is 12.3 Å². The van der Waals surface area contributed by atoms with Crippen LogP contribution in [0.5, 0.6) is 0 Å². The normalized spacial score (nSPS) is 14.5. The average molecular weight is 442 g/mol. The first kappa shape index (κ1) is 26.9. The minimum absolute atomic E-state index is 0.00648. The number of benzene rings is 1. The highest BCUT2D eigenvalue weighted by atomic mass is 16.5. The summed E-state index contributed by atoms with van der Waals surface area (Å²) >= 11 is 0. The number of carbonyl (C=O) groups excluding carboxylic acids is 2. The topological polar surface area (TPSA) is 95.7 Å². The van der Waals surface area contributed by atoms with Crippen molar-refractivity contribution >= 4 is 12.3 Å². The molecule has 0 radical (unpaired) electrons. The first-order valence-corrected chi connectivity index (χ1v) is 11.0. The highest BCUT2D eigenvalue weighted by Crippen LogP contribution is 2.16. The molecule has 174 valence electrons. The summed E-state index contributed by atoms with van der Waals surface area (Å²) in [5.74, 6) is 3.41. The predicted molar refractivity (Wildman–Crippen MR) is 125 cm³/mol. The highest BCUT2D eigenvalue weighted by Gasteiger charge is 2.25. The van der Waals surface area contributed by atoms with Crippen LogP contribution in [0.2, 0.25) is 0 Å². The van der Waals surface area contributed by atoms with E-state index in [4.69, 9.17) is 10.9 Å². The lowest BCUT2D eigenvalue weighted by Crippen LogP contribution is -2.30. The van der Waals surface area contributed by atoms with Gasteiger partial charge >= 0.3 is 0 Å². The maximum Gasteiger partial charge on any atom is 0.230 e. The van der Waals surface area contributed by atoms with Gasteiger partial charge in [0.1, 0.15) is 5.76 Å². The molecule has 1 aromatic carbocycles. The molecule has 1 unspecified atom stereocenters. The average Bonchev–Trinajstić information content (AvgIpc) is 3.43. The molecule has 2 N–H and O–H groups in total. The molecule has 2 amide bonds. The van der Waals surface area contributed by atoms with Crippen molar-refractivity contribution in [3.05, 3.63) is 52.9 Å². The predicted octanol–water partition coefficient (Wildman–Crippen LogP) is 3.26. The molecule has 1 aliphatic rings. The van der Waals surface area contributed by atoms with Crippen molar-refractivity contribution in [2.24, 2.45) is 0 Å². The SMILES string of the molecule is C#Cc1ccc(CNC=O)cc1.CC(C)c1cc(CC(=O)N2CCC(O)C2)on1.CCC. The molecule has 3 rings (SSSR count). The number of terminal acetylenes is 1. The number of nitrogens with zero attached hydrogens (tertiary/aromatic N) is 2. The molecule has 2 aromatic rings. The molecule has 0 aliphatic carbocycles. The Hall–Kier alpha value is -3.11. The molecular weight excluding hydrogens is 406 g/mol. The summed E-state index contributed by atoms with van der Waals surface area (Å²) in [5.41, 5.74) is 2.76. The van der Waals surface area contributed by atoms with Crippen molar-refractivity contribution in [1.82, 2.24) is 15.4 Å². The van der Waals surface area contributed by atoms with Gasteiger partial charge in [0.15, 0.2) is 0 Å². The molecule has 1 aliphatic heterocycles. The Kier molecular flexibility index (Phi) is 12.5. The molecule has 2 heterocycles. The Bertz CT molecular complexity index is 853. The second kappa shape index (κ2) is 14.8. The third-order valence-corrected chi connectivity index (χ3v) is 4.52. The smallest absolute Gasteiger partial charge is 0.230 e. The van der Waals surface area contributed by atoms with Gasteiger partial charge in [-0.2, -0.15) is 0 Å². The molecule has 0 saturated carbocycles. The van der Waals surface area contributed by atoms with E-state index < -0.39 is 0 Å². The number of aromatic nitrogens is 1. The van der Waals surface area contributed by atoms with E-state index in [1.807, 2.05) is 44.2 Å². The number of carbonyl (C=O) groups is 2. The minimum Gasteiger partial charge on any atom is -0.391 e. The van der Waals surface area contributed by atoms with Crippen molar-refractivity contribution in [3.8, 4) is 12.3 Å². The van der Waals surface area contributed by atoms with Crippen molar-refractivity contribution in [3.63, 3.8) is 0 Å². The third kappa shape index (κ3) is 9.80. The van der Waals surface area contributed by atoms with E-state index in [-0.39, 0.29) is 18.4 Å². The van der Waals surface area contributed by atoms with E-state index in [1.165, 1.54) is 6.42 Å². The summed E-state index contributed by atoms with van der Waals surface area (Å²) in [5, 5.41) is 15.8. The quantitative estimate of drug-likeness (QED) is 0.530. The Balaban J connectivity index is 0.000000299. The lowest BCUT2D eigenvalue weighted by Gasteiger charge is -2.13. The zero-order valence-electron chi connectivity index (χ0n) is 19.5. The maximum atomic E-state index is 11.9. The molecule has 32 heavy (non-hydrogen) atoms. The third-order valence-electron chi connectivity index (χ3n) is 4.52. The number of nitrogens with one attached hydrogen (secondary N) is 1. The fourth-order valence-corrected chi connectivity index (χ4v) is 2.79. The molecule has 7 nitrogen and oxygen atoms in total. The van der Waals surface area contributed by atoms with Gasteiger partial charge in [-0.15, -0.1) is 6.42 Å². The monoisotopic (exact) mass is 441 g/mol. The van der Waals surface area contributed by atoms with Crippen LogP contribution in [0.15, 0.2) is 34.9 Å². The van der Waals surface area contributed by atoms with Crippen LogP contribution in [0.25, 0.3) is 0 Å². The maximum absolute atomic E-state index is 11.9. The van der Waals surface area contributed by atoms with E-state index in [9.17, 15) is 14.7 Å². The fraction of sp³-hybridized carbons (Fsp3) is 0.480. The van der Waals surface area contributed by atoms with Gasteiger partial charge in [-0.1, -0.05) is 57.3 Å². The van der Waals surface area contributed by atoms with E-state index in [2.05, 4.69) is 30.2 Å². The summed E-state index contributed by atoms with van der Waals surface area (Å²) in [7, 11) is 0. The summed E-state index contributed by atoms with van der Waals surface area (Å²) < 4.78 is 5.12. The van der Waals surface area contributed by atoms with Crippen molar-refractivity contribution in [1.29, 1.82) is 0 Å². The van der Waals surface area contributed by atoms with Crippen molar-refractivity contribution < 1.29 is 19.2 Å². The van der Waals surface area contributed by atoms with Crippen LogP contribution in [0.1, 0.15) is 69.0 Å². The number of aliphatic hydroxyl groups excluding tert-OH is 1. The van der Waals surface area contributed by atoms with Gasteiger partial charge in [0.05, 0.1) is 18.2 Å². The molecule has 7 heteroatoms. The van der Waals surface area contributed by atoms with Gasteiger partial charge in [0.25, 0.3) is 0 Å². The zero-order chi connectivity index (χ0) is 23.9. The van der Waals surface area contributed by atoms with Gasteiger partial charge in [-0.25, -0.2) is 0 Å². The number of aliphatic hydroxyl groups is 1. The Morgan fingerprint density at radius 2 is 2.03 bits per heavy atom. The Morgan fingerprint density at radius 1 is 1.38 bits per heavy atom. The van der Waals surface area contributed by atoms with Crippen LogP contribution in [-0.2, 0) is 22.6 Å². The van der Waals surface area contributed by atoms with Crippen LogP contribution >= 0.6 is 0 Å². The second-order valence-electron chi connectivity index (χ2n) is 7.88. The van der Waals surface area contributed by atoms with E-state index in [1.54, 1.807) is 4.90 Å². The molecule has 1 saturated heterocycles. The number of rotatable bonds is 6. The number of amides is 2. The van der Waals surface area contributed by atoms with Crippen LogP contribution in [-0.4, -0.2) is 46.7 Å². The molecular formula is C25H35N3O4. The van der Waals surface area contributed by atoms with Gasteiger partial charge < -0.3 is 19.8 Å². The van der Waals surface area contributed by atoms with E-state index in [0.29, 0.717) is 44.1 Å². The summed E-state index contributed by atoms with van der Waals surface area (Å²) in [6.07, 6.45) is 7.62. The number of hydrogen-bond donors (Lipinski definition) is 2. The first-order chi connectivity index (χ1) is 15.3. The van der Waals surface area contributed by atoms with Crippen LogP contribution in [0.3, 0.4) is 0 Å². The van der Waals surface area contributed by atoms with E-state index in [0.717, 1.165) is 16.8 Å². The second-order valence-corrected chi connectivity index (χ2v) is 7.88. The fourth-order valence-electron chi connectivity index (χ4n) is 2.79. The van der Waals surface area contributed by atoms with Crippen LogP contribution in [0.4, 0.5) is 0 Å².